The quantitative estimate of drug-likeness (QED) is 0.310. The van der Waals surface area contributed by atoms with Crippen LogP contribution in [0.3, 0.4) is 0 Å². The van der Waals surface area contributed by atoms with Crippen LogP contribution in [0.15, 0.2) is 97.1 Å². The number of rotatable bonds is 3. The first kappa shape index (κ1) is 20.1. The largest absolute Gasteiger partial charge is 0.212 e. The summed E-state index contributed by atoms with van der Waals surface area (Å²) in [5.41, 5.74) is 4.21. The Morgan fingerprint density at radius 1 is 0.500 bits per heavy atom. The molecule has 32 heavy (non-hydrogen) atoms. The van der Waals surface area contributed by atoms with E-state index in [1.807, 2.05) is 30.3 Å². The Balaban J connectivity index is 1.59. The second kappa shape index (κ2) is 8.01. The van der Waals surface area contributed by atoms with Gasteiger partial charge in [-0.1, -0.05) is 118 Å². The van der Waals surface area contributed by atoms with E-state index in [1.165, 1.54) is 21.9 Å². The van der Waals surface area contributed by atoms with Gasteiger partial charge in [0, 0.05) is 16.5 Å². The van der Waals surface area contributed by atoms with Crippen molar-refractivity contribution in [2.75, 3.05) is 0 Å². The van der Waals surface area contributed by atoms with E-state index in [1.54, 1.807) is 0 Å². The zero-order valence-electron chi connectivity index (χ0n) is 18.6. The molecule has 0 fully saturated rings. The molecule has 5 rings (SSSR count). The minimum Gasteiger partial charge on any atom is -0.212 e. The van der Waals surface area contributed by atoms with Crippen molar-refractivity contribution in [3.05, 3.63) is 103 Å². The third-order valence-corrected chi connectivity index (χ3v) is 5.58. The molecule has 3 nitrogen and oxygen atoms in total. The van der Waals surface area contributed by atoms with E-state index in [0.29, 0.717) is 11.6 Å². The summed E-state index contributed by atoms with van der Waals surface area (Å²) in [7, 11) is 0. The second-order valence-electron chi connectivity index (χ2n) is 9.03. The number of fused-ring (bicyclic) bond motifs is 1. The molecule has 0 saturated heterocycles. The van der Waals surface area contributed by atoms with E-state index in [2.05, 4.69) is 87.5 Å². The van der Waals surface area contributed by atoms with E-state index in [0.717, 1.165) is 17.0 Å². The van der Waals surface area contributed by atoms with Crippen LogP contribution in [0.5, 0.6) is 0 Å². The fourth-order valence-corrected chi connectivity index (χ4v) is 3.83. The van der Waals surface area contributed by atoms with Gasteiger partial charge in [-0.05, 0) is 21.9 Å². The highest BCUT2D eigenvalue weighted by atomic mass is 15.0. The van der Waals surface area contributed by atoms with Gasteiger partial charge in [-0.25, -0.2) is 15.0 Å². The average molecular weight is 416 g/mol. The van der Waals surface area contributed by atoms with E-state index in [9.17, 15) is 0 Å². The first-order valence-electron chi connectivity index (χ1n) is 10.9. The van der Waals surface area contributed by atoms with Crippen molar-refractivity contribution in [2.24, 2.45) is 0 Å². The van der Waals surface area contributed by atoms with E-state index in [4.69, 9.17) is 15.0 Å². The molecule has 0 aliphatic heterocycles. The Morgan fingerprint density at radius 2 is 1.06 bits per heavy atom. The highest BCUT2D eigenvalue weighted by Gasteiger charge is 2.21. The minimum absolute atomic E-state index is 0.176. The molecule has 0 atom stereocenters. The highest BCUT2D eigenvalue weighted by Crippen LogP contribution is 2.31. The summed E-state index contributed by atoms with van der Waals surface area (Å²) in [6.45, 7) is 6.39. The van der Waals surface area contributed by atoms with Crippen LogP contribution in [0.1, 0.15) is 26.6 Å². The number of aromatic nitrogens is 3. The van der Waals surface area contributed by atoms with Crippen LogP contribution in [0.25, 0.3) is 44.7 Å². The van der Waals surface area contributed by atoms with Gasteiger partial charge in [-0.15, -0.1) is 0 Å². The van der Waals surface area contributed by atoms with Gasteiger partial charge in [0.05, 0.1) is 0 Å². The lowest BCUT2D eigenvalue weighted by atomic mass is 9.95. The number of nitrogens with zero attached hydrogens (tertiary/aromatic N) is 3. The Hall–Kier alpha value is -3.85. The average Bonchev–Trinajstić information content (AvgIpc) is 2.83. The standard InChI is InChI=1S/C29H25N3/c1-29(2,3)28-31-26(22-11-5-4-6-12-22)30-27(32-28)23-18-16-21(17-19-23)25-15-9-13-20-10-7-8-14-24(20)25/h4-19H,1-3H3. The summed E-state index contributed by atoms with van der Waals surface area (Å²) >= 11 is 0. The molecule has 0 radical (unpaired) electrons. The summed E-state index contributed by atoms with van der Waals surface area (Å²) in [6.07, 6.45) is 0. The van der Waals surface area contributed by atoms with E-state index >= 15 is 0 Å². The van der Waals surface area contributed by atoms with E-state index < -0.39 is 0 Å². The Bertz CT molecular complexity index is 1380. The molecular weight excluding hydrogens is 390 g/mol. The van der Waals surface area contributed by atoms with E-state index in [-0.39, 0.29) is 5.41 Å². The lowest BCUT2D eigenvalue weighted by Gasteiger charge is -2.18. The van der Waals surface area contributed by atoms with Crippen LogP contribution in [-0.4, -0.2) is 15.0 Å². The van der Waals surface area contributed by atoms with Gasteiger partial charge < -0.3 is 0 Å². The maximum Gasteiger partial charge on any atom is 0.163 e. The first-order chi connectivity index (χ1) is 15.5. The Kier molecular flexibility index (Phi) is 5.02. The normalized spacial score (nSPS) is 11.6. The molecule has 0 bridgehead atoms. The summed E-state index contributed by atoms with van der Waals surface area (Å²) in [5, 5.41) is 2.50. The zero-order chi connectivity index (χ0) is 22.1. The second-order valence-corrected chi connectivity index (χ2v) is 9.03. The van der Waals surface area contributed by atoms with Gasteiger partial charge in [-0.3, -0.25) is 0 Å². The van der Waals surface area contributed by atoms with Gasteiger partial charge in [0.1, 0.15) is 5.82 Å². The lowest BCUT2D eigenvalue weighted by Crippen LogP contribution is -2.18. The lowest BCUT2D eigenvalue weighted by molar-refractivity contribution is 0.543. The maximum absolute atomic E-state index is 4.83. The smallest absolute Gasteiger partial charge is 0.163 e. The van der Waals surface area contributed by atoms with Crippen molar-refractivity contribution in [3.8, 4) is 33.9 Å². The summed E-state index contributed by atoms with van der Waals surface area (Å²) in [4.78, 5) is 14.4. The molecule has 5 aromatic rings. The van der Waals surface area contributed by atoms with Crippen LogP contribution in [-0.2, 0) is 5.41 Å². The molecule has 4 aromatic carbocycles. The number of benzene rings is 4. The van der Waals surface area contributed by atoms with Crippen LogP contribution in [0.2, 0.25) is 0 Å². The molecule has 0 aliphatic carbocycles. The van der Waals surface area contributed by atoms with Gasteiger partial charge in [0.25, 0.3) is 0 Å². The van der Waals surface area contributed by atoms with Crippen LogP contribution < -0.4 is 0 Å². The van der Waals surface area contributed by atoms with Gasteiger partial charge in [0.15, 0.2) is 11.6 Å². The van der Waals surface area contributed by atoms with Gasteiger partial charge in [0.2, 0.25) is 0 Å². The molecule has 0 amide bonds. The topological polar surface area (TPSA) is 38.7 Å². The summed E-state index contributed by atoms with van der Waals surface area (Å²) < 4.78 is 0. The van der Waals surface area contributed by atoms with Gasteiger partial charge in [-0.2, -0.15) is 0 Å². The van der Waals surface area contributed by atoms with Crippen LogP contribution in [0.4, 0.5) is 0 Å². The predicted octanol–water partition coefficient (Wildman–Crippen LogP) is 7.32. The molecule has 0 aliphatic rings. The monoisotopic (exact) mass is 415 g/mol. The fraction of sp³-hybridized carbons (Fsp3) is 0.138. The molecule has 1 heterocycles. The predicted molar refractivity (Wildman–Crippen MR) is 132 cm³/mol. The minimum atomic E-state index is -0.176. The Morgan fingerprint density at radius 3 is 1.75 bits per heavy atom. The molecule has 0 saturated carbocycles. The molecule has 1 aromatic heterocycles. The third kappa shape index (κ3) is 3.90. The van der Waals surface area contributed by atoms with Gasteiger partial charge >= 0.3 is 0 Å². The number of hydrogen-bond donors (Lipinski definition) is 0. The van der Waals surface area contributed by atoms with Crippen molar-refractivity contribution in [1.29, 1.82) is 0 Å². The van der Waals surface area contributed by atoms with Crippen molar-refractivity contribution >= 4 is 10.8 Å². The Labute approximate surface area is 188 Å². The molecule has 0 N–H and O–H groups in total. The molecule has 0 spiro atoms. The summed E-state index contributed by atoms with van der Waals surface area (Å²) in [5.74, 6) is 2.20. The molecule has 3 heteroatoms. The van der Waals surface area contributed by atoms with Crippen molar-refractivity contribution in [2.45, 2.75) is 26.2 Å². The third-order valence-electron chi connectivity index (χ3n) is 5.58. The van der Waals surface area contributed by atoms with Crippen molar-refractivity contribution < 1.29 is 0 Å². The zero-order valence-corrected chi connectivity index (χ0v) is 18.6. The van der Waals surface area contributed by atoms with Crippen LogP contribution >= 0.6 is 0 Å². The molecule has 0 unspecified atom stereocenters. The van der Waals surface area contributed by atoms with Crippen LogP contribution in [0, 0.1) is 0 Å². The number of hydrogen-bond acceptors (Lipinski definition) is 3. The maximum atomic E-state index is 4.83. The fourth-order valence-electron chi connectivity index (χ4n) is 3.83. The first-order valence-corrected chi connectivity index (χ1v) is 10.9. The van der Waals surface area contributed by atoms with Crippen molar-refractivity contribution in [1.82, 2.24) is 15.0 Å². The molecular formula is C29H25N3. The highest BCUT2D eigenvalue weighted by molar-refractivity contribution is 5.96. The van der Waals surface area contributed by atoms with Crippen molar-refractivity contribution in [3.63, 3.8) is 0 Å². The SMILES string of the molecule is CC(C)(C)c1nc(-c2ccccc2)nc(-c2ccc(-c3cccc4ccccc34)cc2)n1. The summed E-state index contributed by atoms with van der Waals surface area (Å²) in [6, 6.07) is 33.5. The molecule has 156 valence electrons.